The lowest BCUT2D eigenvalue weighted by Crippen LogP contribution is -2.46. The van der Waals surface area contributed by atoms with Gasteiger partial charge in [0.05, 0.1) is 6.10 Å². The molecule has 0 aromatic heterocycles. The molecule has 4 heteroatoms. The first kappa shape index (κ1) is 14.3. The summed E-state index contributed by atoms with van der Waals surface area (Å²) in [6.07, 6.45) is 10.4. The number of likely N-dealkylation sites (tertiary alicyclic amines) is 1. The Kier molecular flexibility index (Phi) is 4.94. The fourth-order valence-electron chi connectivity index (χ4n) is 4.02. The molecule has 0 aliphatic carbocycles. The summed E-state index contributed by atoms with van der Waals surface area (Å²) in [5, 5.41) is 3.57. The predicted octanol–water partition coefficient (Wildman–Crippen LogP) is 2.08. The Hall–Kier alpha value is -0.610. The van der Waals surface area contributed by atoms with Crippen molar-refractivity contribution in [3.8, 4) is 0 Å². The first-order valence-corrected chi connectivity index (χ1v) is 8.49. The van der Waals surface area contributed by atoms with E-state index in [-0.39, 0.29) is 0 Å². The van der Waals surface area contributed by atoms with Crippen LogP contribution in [-0.4, -0.2) is 48.7 Å². The van der Waals surface area contributed by atoms with Crippen LogP contribution >= 0.6 is 0 Å². The summed E-state index contributed by atoms with van der Waals surface area (Å²) < 4.78 is 5.73. The molecule has 114 valence electrons. The number of ether oxygens (including phenoxy) is 1. The van der Waals surface area contributed by atoms with E-state index in [1.807, 2.05) is 0 Å². The van der Waals surface area contributed by atoms with Crippen LogP contribution in [0, 0.1) is 0 Å². The fourth-order valence-corrected chi connectivity index (χ4v) is 4.02. The molecule has 3 rings (SSSR count). The molecule has 3 saturated heterocycles. The van der Waals surface area contributed by atoms with E-state index in [1.165, 1.54) is 38.5 Å². The molecule has 3 heterocycles. The van der Waals surface area contributed by atoms with Gasteiger partial charge in [-0.15, -0.1) is 0 Å². The third-order valence-electron chi connectivity index (χ3n) is 5.14. The molecule has 3 unspecified atom stereocenters. The topological polar surface area (TPSA) is 41.6 Å². The van der Waals surface area contributed by atoms with Crippen LogP contribution in [0.3, 0.4) is 0 Å². The second-order valence-corrected chi connectivity index (χ2v) is 6.53. The van der Waals surface area contributed by atoms with E-state index in [9.17, 15) is 4.79 Å². The van der Waals surface area contributed by atoms with Gasteiger partial charge in [-0.05, 0) is 57.9 Å². The summed E-state index contributed by atoms with van der Waals surface area (Å²) in [5.41, 5.74) is 0. The molecular weight excluding hydrogens is 252 g/mol. The van der Waals surface area contributed by atoms with Crippen molar-refractivity contribution in [2.75, 3.05) is 19.7 Å². The minimum atomic E-state index is 0.332. The zero-order valence-electron chi connectivity index (χ0n) is 12.5. The van der Waals surface area contributed by atoms with E-state index < -0.39 is 0 Å². The zero-order valence-corrected chi connectivity index (χ0v) is 12.5. The smallest absolute Gasteiger partial charge is 0.222 e. The average molecular weight is 280 g/mol. The van der Waals surface area contributed by atoms with Crippen molar-refractivity contribution in [3.05, 3.63) is 0 Å². The first-order chi connectivity index (χ1) is 9.84. The van der Waals surface area contributed by atoms with Crippen molar-refractivity contribution < 1.29 is 9.53 Å². The molecule has 1 amide bonds. The molecule has 20 heavy (non-hydrogen) atoms. The van der Waals surface area contributed by atoms with E-state index in [0.29, 0.717) is 30.5 Å². The van der Waals surface area contributed by atoms with Crippen molar-refractivity contribution in [2.24, 2.45) is 0 Å². The molecular formula is C16H28N2O2. The second-order valence-electron chi connectivity index (χ2n) is 6.53. The number of nitrogens with one attached hydrogen (secondary N) is 1. The van der Waals surface area contributed by atoms with E-state index in [1.54, 1.807) is 0 Å². The van der Waals surface area contributed by atoms with Gasteiger partial charge in [-0.3, -0.25) is 4.79 Å². The van der Waals surface area contributed by atoms with Crippen LogP contribution in [0.1, 0.15) is 57.8 Å². The van der Waals surface area contributed by atoms with E-state index >= 15 is 0 Å². The summed E-state index contributed by atoms with van der Waals surface area (Å²) in [6, 6.07) is 1.00. The summed E-state index contributed by atoms with van der Waals surface area (Å²) in [4.78, 5) is 14.7. The second kappa shape index (κ2) is 6.90. The minimum Gasteiger partial charge on any atom is -0.378 e. The molecule has 0 radical (unpaired) electrons. The van der Waals surface area contributed by atoms with Gasteiger partial charge < -0.3 is 15.0 Å². The molecule has 0 aromatic carbocycles. The first-order valence-electron chi connectivity index (χ1n) is 8.49. The highest BCUT2D eigenvalue weighted by atomic mass is 16.5. The summed E-state index contributed by atoms with van der Waals surface area (Å²) in [6.45, 7) is 2.98. The molecule has 0 aromatic rings. The van der Waals surface area contributed by atoms with Crippen molar-refractivity contribution in [1.29, 1.82) is 0 Å². The number of carbonyl (C=O) groups is 1. The normalized spacial score (nSPS) is 34.6. The van der Waals surface area contributed by atoms with Crippen molar-refractivity contribution in [3.63, 3.8) is 0 Å². The molecule has 4 nitrogen and oxygen atoms in total. The highest BCUT2D eigenvalue weighted by Gasteiger charge is 2.35. The Morgan fingerprint density at radius 1 is 1.15 bits per heavy atom. The van der Waals surface area contributed by atoms with Crippen LogP contribution in [0.15, 0.2) is 0 Å². The van der Waals surface area contributed by atoms with Gasteiger partial charge in [0, 0.05) is 31.7 Å². The van der Waals surface area contributed by atoms with Gasteiger partial charge in [-0.25, -0.2) is 0 Å². The highest BCUT2D eigenvalue weighted by molar-refractivity contribution is 5.77. The maximum atomic E-state index is 12.5. The fraction of sp³-hybridized carbons (Fsp3) is 0.938. The largest absolute Gasteiger partial charge is 0.378 e. The molecule has 1 N–H and O–H groups in total. The van der Waals surface area contributed by atoms with Crippen molar-refractivity contribution in [1.82, 2.24) is 10.2 Å². The quantitative estimate of drug-likeness (QED) is 0.857. The molecule has 3 aliphatic rings. The monoisotopic (exact) mass is 280 g/mol. The van der Waals surface area contributed by atoms with Gasteiger partial charge in [0.25, 0.3) is 0 Å². The summed E-state index contributed by atoms with van der Waals surface area (Å²) in [7, 11) is 0. The Balaban J connectivity index is 1.47. The number of hydrogen-bond donors (Lipinski definition) is 1. The van der Waals surface area contributed by atoms with Gasteiger partial charge in [0.15, 0.2) is 0 Å². The number of rotatable bonds is 4. The molecule has 3 atom stereocenters. The maximum absolute atomic E-state index is 12.5. The van der Waals surface area contributed by atoms with Gasteiger partial charge >= 0.3 is 0 Å². The Morgan fingerprint density at radius 2 is 2.10 bits per heavy atom. The number of carbonyl (C=O) groups excluding carboxylic acids is 1. The minimum absolute atomic E-state index is 0.332. The molecule has 3 fully saturated rings. The SMILES string of the molecule is O=C(CCC1CCCCO1)N1CCCC1C1CCCN1. The average Bonchev–Trinajstić information content (AvgIpc) is 3.15. The summed E-state index contributed by atoms with van der Waals surface area (Å²) >= 11 is 0. The van der Waals surface area contributed by atoms with Crippen molar-refractivity contribution in [2.45, 2.75) is 76.0 Å². The Labute approximate surface area is 122 Å². The van der Waals surface area contributed by atoms with E-state index in [0.717, 1.165) is 32.5 Å². The number of nitrogens with zero attached hydrogens (tertiary/aromatic N) is 1. The molecule has 0 saturated carbocycles. The van der Waals surface area contributed by atoms with Gasteiger partial charge in [0.1, 0.15) is 0 Å². The van der Waals surface area contributed by atoms with Crippen molar-refractivity contribution >= 4 is 5.91 Å². The highest BCUT2D eigenvalue weighted by Crippen LogP contribution is 2.26. The third-order valence-corrected chi connectivity index (χ3v) is 5.14. The summed E-state index contributed by atoms with van der Waals surface area (Å²) in [5.74, 6) is 0.357. The molecule has 0 bridgehead atoms. The van der Waals surface area contributed by atoms with Crippen LogP contribution < -0.4 is 5.32 Å². The van der Waals surface area contributed by atoms with Crippen LogP contribution in [0.5, 0.6) is 0 Å². The lowest BCUT2D eigenvalue weighted by Gasteiger charge is -2.30. The third kappa shape index (κ3) is 3.34. The maximum Gasteiger partial charge on any atom is 0.222 e. The number of amides is 1. The van der Waals surface area contributed by atoms with Gasteiger partial charge in [0.2, 0.25) is 5.91 Å². The van der Waals surface area contributed by atoms with Crippen LogP contribution in [0.4, 0.5) is 0 Å². The molecule has 3 aliphatic heterocycles. The van der Waals surface area contributed by atoms with Crippen LogP contribution in [0.2, 0.25) is 0 Å². The lowest BCUT2D eigenvalue weighted by atomic mass is 10.0. The predicted molar refractivity (Wildman–Crippen MR) is 78.6 cm³/mol. The van der Waals surface area contributed by atoms with Crippen LogP contribution in [-0.2, 0) is 9.53 Å². The number of hydrogen-bond acceptors (Lipinski definition) is 3. The van der Waals surface area contributed by atoms with Gasteiger partial charge in [-0.2, -0.15) is 0 Å². The van der Waals surface area contributed by atoms with E-state index in [2.05, 4.69) is 10.2 Å². The van der Waals surface area contributed by atoms with Crippen LogP contribution in [0.25, 0.3) is 0 Å². The van der Waals surface area contributed by atoms with E-state index in [4.69, 9.17) is 4.74 Å². The molecule has 0 spiro atoms. The zero-order chi connectivity index (χ0) is 13.8. The lowest BCUT2D eigenvalue weighted by molar-refractivity contribution is -0.133. The Morgan fingerprint density at radius 3 is 2.85 bits per heavy atom. The Bertz CT molecular complexity index is 322. The van der Waals surface area contributed by atoms with Gasteiger partial charge in [-0.1, -0.05) is 0 Å². The standard InChI is InChI=1S/C16H28N2O2/c19-16(9-8-13-5-1-2-12-20-13)18-11-4-7-15(18)14-6-3-10-17-14/h13-15,17H,1-12H2.